The first kappa shape index (κ1) is 61.5. The number of carbonyl (C=O) groups excluding carboxylic acids is 4. The Hall–Kier alpha value is -6.67. The predicted octanol–water partition coefficient (Wildman–Crippen LogP) is 6.14. The van der Waals surface area contributed by atoms with Crippen molar-refractivity contribution in [2.75, 3.05) is 65.2 Å². The minimum Gasteiger partial charge on any atom is -0.465 e. The van der Waals surface area contributed by atoms with Crippen LogP contribution in [0.3, 0.4) is 0 Å². The molecule has 0 aliphatic rings. The Morgan fingerprint density at radius 2 is 0.823 bits per heavy atom. The van der Waals surface area contributed by atoms with Crippen LogP contribution in [0, 0.1) is 0 Å². The van der Waals surface area contributed by atoms with Gasteiger partial charge >= 0.3 is 23.9 Å². The van der Waals surface area contributed by atoms with Gasteiger partial charge in [0.25, 0.3) is 5.56 Å². The highest BCUT2D eigenvalue weighted by molar-refractivity contribution is 7.60. The van der Waals surface area contributed by atoms with E-state index in [9.17, 15) is 24.0 Å². The van der Waals surface area contributed by atoms with Crippen molar-refractivity contribution in [1.29, 1.82) is 0 Å². The van der Waals surface area contributed by atoms with Gasteiger partial charge in [-0.15, -0.1) is 0 Å². The number of hydrogen-bond acceptors (Lipinski definition) is 15. The summed E-state index contributed by atoms with van der Waals surface area (Å²) in [6, 6.07) is 31.4. The molecule has 4 aromatic carbocycles. The number of nitrogens with one attached hydrogen (secondary N) is 5. The summed E-state index contributed by atoms with van der Waals surface area (Å²) >= 11 is 0. The van der Waals surface area contributed by atoms with Crippen molar-refractivity contribution in [3.05, 3.63) is 167 Å². The summed E-state index contributed by atoms with van der Waals surface area (Å²) in [6.45, 7) is 6.25. The number of fused-ring (bicyclic) bond motifs is 1. The van der Waals surface area contributed by atoms with Gasteiger partial charge in [0.2, 0.25) is 14.9 Å². The number of H-pyrrole nitrogens is 1. The molecule has 23 heteroatoms. The highest BCUT2D eigenvalue weighted by Gasteiger charge is 2.37. The summed E-state index contributed by atoms with van der Waals surface area (Å²) in [5.41, 5.74) is 2.83. The van der Waals surface area contributed by atoms with Gasteiger partial charge in [0.15, 0.2) is 11.2 Å². The average molecular weight is 1130 g/mol. The summed E-state index contributed by atoms with van der Waals surface area (Å²) in [5, 5.41) is 12.2. The standard InChI is InChI=1S/C56H72N8O13P2/c1-5-74-53(66)46(33-41-21-13-9-14-22-41)60-78(70,61-47(54(67)75-6-2)34-42-23-15-10-16-24-42)31-29-72-37-45(64-40-59-50-51(64)57-39-58-52(50)65)38-73-30-32-79(71,62-48(55(68)76-7-3)35-43-25-17-11-18-26-43)63-49(56(69)77-8-4)36-44-27-19-12-20-28-44/h9-28,39-40,45-49H,5-8,29-38H2,1-4H3,(H,57,58,65)(H2,60,61,70)(H2,62,63,71)/t46-,47-,48-,49-/m0/s1. The number of nitrogens with zero attached hydrogens (tertiary/aromatic N) is 3. The van der Waals surface area contributed by atoms with Gasteiger partial charge in [-0.05, 0) is 75.6 Å². The number of esters is 4. The van der Waals surface area contributed by atoms with E-state index < -0.39 is 74.5 Å². The fourth-order valence-electron chi connectivity index (χ4n) is 8.60. The molecule has 0 saturated heterocycles. The van der Waals surface area contributed by atoms with Gasteiger partial charge in [-0.25, -0.2) is 30.3 Å². The van der Waals surface area contributed by atoms with Gasteiger partial charge in [0.1, 0.15) is 24.2 Å². The first-order chi connectivity index (χ1) is 38.3. The molecule has 2 heterocycles. The molecular weight excluding hydrogens is 1050 g/mol. The molecule has 0 spiro atoms. The van der Waals surface area contributed by atoms with Crippen LogP contribution in [0.2, 0.25) is 0 Å². The lowest BCUT2D eigenvalue weighted by Gasteiger charge is -2.30. The summed E-state index contributed by atoms with van der Waals surface area (Å²) in [4.78, 5) is 78.5. The first-order valence-electron chi connectivity index (χ1n) is 26.4. The van der Waals surface area contributed by atoms with Crippen LogP contribution in [0.25, 0.3) is 11.2 Å². The molecule has 424 valence electrons. The monoisotopic (exact) mass is 1130 g/mol. The van der Waals surface area contributed by atoms with Crippen molar-refractivity contribution in [3.8, 4) is 0 Å². The van der Waals surface area contributed by atoms with Crippen LogP contribution in [-0.2, 0) is 82.4 Å². The number of imidazole rings is 1. The second-order valence-electron chi connectivity index (χ2n) is 18.3. The molecule has 6 aromatic rings. The highest BCUT2D eigenvalue weighted by Crippen LogP contribution is 2.40. The van der Waals surface area contributed by atoms with Crippen molar-refractivity contribution in [3.63, 3.8) is 0 Å². The average Bonchev–Trinajstić information content (AvgIpc) is 3.90. The zero-order chi connectivity index (χ0) is 56.5. The summed E-state index contributed by atoms with van der Waals surface area (Å²) in [7, 11) is -8.02. The van der Waals surface area contributed by atoms with E-state index in [0.29, 0.717) is 0 Å². The van der Waals surface area contributed by atoms with Crippen molar-refractivity contribution < 1.29 is 56.7 Å². The zero-order valence-electron chi connectivity index (χ0n) is 45.0. The number of carbonyl (C=O) groups is 4. The maximum absolute atomic E-state index is 15.4. The maximum Gasteiger partial charge on any atom is 0.323 e. The van der Waals surface area contributed by atoms with Crippen LogP contribution < -0.4 is 25.9 Å². The topological polar surface area (TPSA) is 269 Å². The molecule has 4 atom stereocenters. The quantitative estimate of drug-likeness (QED) is 0.0129. The van der Waals surface area contributed by atoms with Gasteiger partial charge in [-0.2, -0.15) is 0 Å². The zero-order valence-corrected chi connectivity index (χ0v) is 46.8. The molecule has 2 aromatic heterocycles. The molecule has 21 nitrogen and oxygen atoms in total. The third kappa shape index (κ3) is 19.6. The molecule has 6 rings (SSSR count). The molecule has 0 aliphatic carbocycles. The van der Waals surface area contributed by atoms with E-state index in [0.717, 1.165) is 22.3 Å². The fourth-order valence-corrected chi connectivity index (χ4v) is 12.8. The minimum absolute atomic E-state index is 0.0435. The van der Waals surface area contributed by atoms with Crippen LogP contribution in [-0.4, -0.2) is 133 Å². The number of aromatic nitrogens is 4. The Labute approximate surface area is 460 Å². The van der Waals surface area contributed by atoms with Crippen LogP contribution >= 0.6 is 14.9 Å². The molecule has 0 aliphatic heterocycles. The lowest BCUT2D eigenvalue weighted by Crippen LogP contribution is -2.46. The van der Waals surface area contributed by atoms with Gasteiger partial charge in [-0.1, -0.05) is 121 Å². The van der Waals surface area contributed by atoms with E-state index in [2.05, 4.69) is 35.3 Å². The number of aromatic amines is 1. The van der Waals surface area contributed by atoms with Crippen molar-refractivity contribution in [2.24, 2.45) is 0 Å². The third-order valence-corrected chi connectivity index (χ3v) is 16.9. The molecule has 5 N–H and O–H groups in total. The largest absolute Gasteiger partial charge is 0.465 e. The Morgan fingerprint density at radius 3 is 1.13 bits per heavy atom. The van der Waals surface area contributed by atoms with E-state index in [1.807, 2.05) is 121 Å². The molecule has 0 bridgehead atoms. The second-order valence-corrected chi connectivity index (χ2v) is 23.2. The van der Waals surface area contributed by atoms with Crippen LogP contribution in [0.5, 0.6) is 0 Å². The van der Waals surface area contributed by atoms with E-state index in [-0.39, 0.29) is 102 Å². The SMILES string of the molecule is CCOC(=O)[C@H](Cc1ccccc1)NP(=O)(CCOCC(COCCP(=O)(N[C@@H](Cc1ccccc1)C(=O)OCC)N[C@@H](Cc1ccccc1)C(=O)OCC)n1cnc2c(=O)[nH]cnc21)N[C@@H](Cc1ccccc1)C(=O)OCC. The normalized spacial score (nSPS) is 13.3. The second kappa shape index (κ2) is 31.8. The molecule has 0 fully saturated rings. The fraction of sp³-hybridized carbons (Fsp3) is 0.411. The van der Waals surface area contributed by atoms with Crippen molar-refractivity contribution in [2.45, 2.75) is 83.6 Å². The van der Waals surface area contributed by atoms with E-state index in [1.54, 1.807) is 32.3 Å². The Balaban J connectivity index is 1.26. The lowest BCUT2D eigenvalue weighted by atomic mass is 10.1. The molecule has 0 radical (unpaired) electrons. The molecule has 79 heavy (non-hydrogen) atoms. The van der Waals surface area contributed by atoms with E-state index >= 15 is 9.13 Å². The first-order valence-corrected chi connectivity index (χ1v) is 30.2. The Morgan fingerprint density at radius 1 is 0.506 bits per heavy atom. The van der Waals surface area contributed by atoms with Crippen LogP contribution in [0.4, 0.5) is 0 Å². The van der Waals surface area contributed by atoms with Gasteiger partial charge in [0.05, 0.1) is 83.9 Å². The lowest BCUT2D eigenvalue weighted by molar-refractivity contribution is -0.146. The summed E-state index contributed by atoms with van der Waals surface area (Å²) in [5.74, 6) is -2.59. The van der Waals surface area contributed by atoms with Crippen LogP contribution in [0.1, 0.15) is 56.0 Å². The maximum atomic E-state index is 15.4. The van der Waals surface area contributed by atoms with Crippen molar-refractivity contribution in [1.82, 2.24) is 39.9 Å². The van der Waals surface area contributed by atoms with Gasteiger partial charge < -0.3 is 38.0 Å². The third-order valence-electron chi connectivity index (χ3n) is 12.4. The number of rotatable bonds is 35. The Bertz CT molecular complexity index is 2700. The molecule has 0 amide bonds. The number of ether oxygens (including phenoxy) is 6. The van der Waals surface area contributed by atoms with E-state index in [4.69, 9.17) is 28.4 Å². The van der Waals surface area contributed by atoms with Gasteiger partial charge in [-0.3, -0.25) is 33.1 Å². The predicted molar refractivity (Wildman–Crippen MR) is 299 cm³/mol. The Kier molecular flexibility index (Phi) is 24.8. The van der Waals surface area contributed by atoms with E-state index in [1.165, 1.54) is 12.7 Å². The minimum atomic E-state index is -4.01. The molecule has 0 unspecified atom stereocenters. The summed E-state index contributed by atoms with van der Waals surface area (Å²) in [6.07, 6.45) is 2.60. The molecule has 0 saturated carbocycles. The van der Waals surface area contributed by atoms with Crippen LogP contribution in [0.15, 0.2) is 139 Å². The molecular formula is C56H72N8O13P2. The van der Waals surface area contributed by atoms with Crippen molar-refractivity contribution >= 4 is 49.9 Å². The summed E-state index contributed by atoms with van der Waals surface area (Å²) < 4.78 is 66.9. The number of hydrogen-bond donors (Lipinski definition) is 5. The van der Waals surface area contributed by atoms with Gasteiger partial charge in [0, 0.05) is 0 Å². The highest BCUT2D eigenvalue weighted by atomic mass is 31.2. The smallest absolute Gasteiger partial charge is 0.323 e. The number of benzene rings is 4.